The van der Waals surface area contributed by atoms with E-state index in [1.165, 1.54) is 18.3 Å². The summed E-state index contributed by atoms with van der Waals surface area (Å²) in [6.07, 6.45) is 3.37. The molecule has 1 N–H and O–H groups in total. The Morgan fingerprint density at radius 2 is 2.24 bits per heavy atom. The quantitative estimate of drug-likeness (QED) is 0.866. The van der Waals surface area contributed by atoms with Crippen LogP contribution in [0, 0.1) is 17.2 Å². The highest BCUT2D eigenvalue weighted by atomic mass is 32.2. The third-order valence-electron chi connectivity index (χ3n) is 2.83. The summed E-state index contributed by atoms with van der Waals surface area (Å²) in [5.41, 5.74) is 0.208. The summed E-state index contributed by atoms with van der Waals surface area (Å²) in [6, 6.07) is 4.60. The Balaban J connectivity index is 2.16. The zero-order chi connectivity index (χ0) is 12.5. The summed E-state index contributed by atoms with van der Waals surface area (Å²) in [6.45, 7) is 1.87. The smallest absolute Gasteiger partial charge is 0.242 e. The van der Waals surface area contributed by atoms with Gasteiger partial charge in [0.05, 0.1) is 0 Å². The first-order valence-electron chi connectivity index (χ1n) is 5.41. The van der Waals surface area contributed by atoms with Crippen molar-refractivity contribution in [3.63, 3.8) is 0 Å². The van der Waals surface area contributed by atoms with Gasteiger partial charge in [0.25, 0.3) is 0 Å². The maximum Gasteiger partial charge on any atom is 0.242 e. The molecule has 2 rings (SSSR count). The molecule has 5 nitrogen and oxygen atoms in total. The van der Waals surface area contributed by atoms with Gasteiger partial charge in [0.2, 0.25) is 10.0 Å². The molecule has 0 saturated heterocycles. The van der Waals surface area contributed by atoms with E-state index < -0.39 is 10.0 Å². The van der Waals surface area contributed by atoms with Crippen LogP contribution in [0.5, 0.6) is 0 Å². The lowest BCUT2D eigenvalue weighted by atomic mass is 10.2. The van der Waals surface area contributed by atoms with Gasteiger partial charge in [0, 0.05) is 12.2 Å². The molecule has 0 spiro atoms. The van der Waals surface area contributed by atoms with Crippen molar-refractivity contribution < 1.29 is 8.42 Å². The molecular formula is C11H13N3O2S. The Labute approximate surface area is 101 Å². The van der Waals surface area contributed by atoms with Crippen molar-refractivity contribution in [1.82, 2.24) is 9.71 Å². The summed E-state index contributed by atoms with van der Waals surface area (Å²) in [4.78, 5) is 3.85. The fourth-order valence-electron chi connectivity index (χ4n) is 1.61. The number of sulfonamides is 1. The van der Waals surface area contributed by atoms with Crippen LogP contribution in [0.4, 0.5) is 0 Å². The van der Waals surface area contributed by atoms with Gasteiger partial charge in [-0.25, -0.2) is 18.1 Å². The van der Waals surface area contributed by atoms with E-state index in [0.29, 0.717) is 5.92 Å². The fraction of sp³-hybridized carbons (Fsp3) is 0.455. The Kier molecular flexibility index (Phi) is 3.13. The van der Waals surface area contributed by atoms with Gasteiger partial charge < -0.3 is 0 Å². The zero-order valence-corrected chi connectivity index (χ0v) is 10.2. The van der Waals surface area contributed by atoms with E-state index in [9.17, 15) is 8.42 Å². The molecule has 0 aromatic carbocycles. The van der Waals surface area contributed by atoms with Crippen LogP contribution in [0.25, 0.3) is 0 Å². The topological polar surface area (TPSA) is 82.9 Å². The number of nitrogens with one attached hydrogen (secondary N) is 1. The Hall–Kier alpha value is -1.45. The Morgan fingerprint density at radius 3 is 2.71 bits per heavy atom. The van der Waals surface area contributed by atoms with E-state index in [4.69, 9.17) is 5.26 Å². The van der Waals surface area contributed by atoms with Crippen LogP contribution in [0.15, 0.2) is 23.2 Å². The Bertz CT molecular complexity index is 541. The second-order valence-corrected chi connectivity index (χ2v) is 5.95. The van der Waals surface area contributed by atoms with E-state index in [1.54, 1.807) is 0 Å². The maximum atomic E-state index is 11.9. The number of pyridine rings is 1. The average Bonchev–Trinajstić information content (AvgIpc) is 3.12. The molecule has 1 aromatic heterocycles. The predicted molar refractivity (Wildman–Crippen MR) is 61.5 cm³/mol. The second kappa shape index (κ2) is 4.43. The van der Waals surface area contributed by atoms with E-state index in [2.05, 4.69) is 9.71 Å². The molecule has 1 atom stereocenters. The van der Waals surface area contributed by atoms with Gasteiger partial charge in [-0.05, 0) is 37.8 Å². The Morgan fingerprint density at radius 1 is 1.53 bits per heavy atom. The van der Waals surface area contributed by atoms with Crippen LogP contribution in [0.3, 0.4) is 0 Å². The molecule has 0 radical (unpaired) electrons. The lowest BCUT2D eigenvalue weighted by Crippen LogP contribution is -2.34. The van der Waals surface area contributed by atoms with Gasteiger partial charge in [0.1, 0.15) is 16.7 Å². The maximum absolute atomic E-state index is 11.9. The minimum absolute atomic E-state index is 0.0457. The number of nitriles is 1. The predicted octanol–water partition coefficient (Wildman–Crippen LogP) is 1.03. The molecule has 0 bridgehead atoms. The number of aromatic nitrogens is 1. The van der Waals surface area contributed by atoms with Gasteiger partial charge in [-0.15, -0.1) is 0 Å². The molecule has 0 aliphatic heterocycles. The van der Waals surface area contributed by atoms with Crippen molar-refractivity contribution in [1.29, 1.82) is 5.26 Å². The highest BCUT2D eigenvalue weighted by molar-refractivity contribution is 7.89. The lowest BCUT2D eigenvalue weighted by molar-refractivity contribution is 0.538. The van der Waals surface area contributed by atoms with E-state index >= 15 is 0 Å². The van der Waals surface area contributed by atoms with Crippen LogP contribution < -0.4 is 4.72 Å². The van der Waals surface area contributed by atoms with Crippen LogP contribution in [-0.2, 0) is 10.0 Å². The first-order valence-corrected chi connectivity index (χ1v) is 6.90. The average molecular weight is 251 g/mol. The van der Waals surface area contributed by atoms with Crippen molar-refractivity contribution in [3.05, 3.63) is 24.0 Å². The summed E-state index contributed by atoms with van der Waals surface area (Å²) in [7, 11) is -3.51. The lowest BCUT2D eigenvalue weighted by Gasteiger charge is -2.12. The van der Waals surface area contributed by atoms with Crippen molar-refractivity contribution in [2.45, 2.75) is 30.7 Å². The van der Waals surface area contributed by atoms with Gasteiger partial charge in [-0.3, -0.25) is 0 Å². The number of nitrogens with zero attached hydrogens (tertiary/aromatic N) is 2. The molecule has 1 aliphatic rings. The number of hydrogen-bond donors (Lipinski definition) is 1. The fourth-order valence-corrected chi connectivity index (χ4v) is 2.87. The van der Waals surface area contributed by atoms with Crippen LogP contribution >= 0.6 is 0 Å². The van der Waals surface area contributed by atoms with Crippen LogP contribution in [0.1, 0.15) is 25.5 Å². The standard InChI is InChI=1S/C11H13N3O2S/c1-8(9-2-3-9)14-17(15,16)11-5-4-10(6-12)13-7-11/h4-5,7-9,14H,2-3H2,1H3. The molecule has 1 aromatic rings. The highest BCUT2D eigenvalue weighted by Gasteiger charge is 2.31. The molecule has 1 saturated carbocycles. The van der Waals surface area contributed by atoms with Crippen LogP contribution in [0.2, 0.25) is 0 Å². The number of rotatable bonds is 4. The third kappa shape index (κ3) is 2.81. The summed E-state index contributed by atoms with van der Waals surface area (Å²) in [5, 5.41) is 8.58. The van der Waals surface area contributed by atoms with Crippen molar-refractivity contribution in [3.8, 4) is 6.07 Å². The van der Waals surface area contributed by atoms with Crippen molar-refractivity contribution >= 4 is 10.0 Å². The third-order valence-corrected chi connectivity index (χ3v) is 4.38. The van der Waals surface area contributed by atoms with E-state index in [0.717, 1.165) is 12.8 Å². The summed E-state index contributed by atoms with van der Waals surface area (Å²) < 4.78 is 26.5. The molecule has 17 heavy (non-hydrogen) atoms. The molecule has 90 valence electrons. The second-order valence-electron chi connectivity index (χ2n) is 4.24. The summed E-state index contributed by atoms with van der Waals surface area (Å²) >= 11 is 0. The summed E-state index contributed by atoms with van der Waals surface area (Å²) in [5.74, 6) is 0.455. The largest absolute Gasteiger partial charge is 0.244 e. The minimum atomic E-state index is -3.51. The molecular weight excluding hydrogens is 238 g/mol. The van der Waals surface area contributed by atoms with Gasteiger partial charge in [0.15, 0.2) is 0 Å². The first kappa shape index (κ1) is 12.0. The zero-order valence-electron chi connectivity index (χ0n) is 9.42. The molecule has 6 heteroatoms. The highest BCUT2D eigenvalue weighted by Crippen LogP contribution is 2.32. The number of hydrogen-bond acceptors (Lipinski definition) is 4. The van der Waals surface area contributed by atoms with E-state index in [1.807, 2.05) is 13.0 Å². The molecule has 1 unspecified atom stereocenters. The first-order chi connectivity index (χ1) is 8.03. The molecule has 1 fully saturated rings. The van der Waals surface area contributed by atoms with E-state index in [-0.39, 0.29) is 16.6 Å². The molecule has 1 heterocycles. The van der Waals surface area contributed by atoms with Crippen LogP contribution in [-0.4, -0.2) is 19.4 Å². The SMILES string of the molecule is CC(NS(=O)(=O)c1ccc(C#N)nc1)C1CC1. The molecule has 0 amide bonds. The van der Waals surface area contributed by atoms with Gasteiger partial charge in [-0.2, -0.15) is 5.26 Å². The van der Waals surface area contributed by atoms with Gasteiger partial charge in [-0.1, -0.05) is 0 Å². The van der Waals surface area contributed by atoms with Crippen molar-refractivity contribution in [2.24, 2.45) is 5.92 Å². The van der Waals surface area contributed by atoms with Gasteiger partial charge >= 0.3 is 0 Å². The minimum Gasteiger partial charge on any atom is -0.244 e. The molecule has 1 aliphatic carbocycles. The normalized spacial score (nSPS) is 17.4. The van der Waals surface area contributed by atoms with Crippen molar-refractivity contribution in [2.75, 3.05) is 0 Å². The monoisotopic (exact) mass is 251 g/mol.